The number of amides is 2. The van der Waals surface area contributed by atoms with Crippen LogP contribution in [-0.4, -0.2) is 37.4 Å². The molecular weight excluding hydrogens is 294 g/mol. The van der Waals surface area contributed by atoms with Crippen molar-refractivity contribution in [2.24, 2.45) is 10.7 Å². The Morgan fingerprint density at radius 3 is 2.48 bits per heavy atom. The van der Waals surface area contributed by atoms with Crippen molar-refractivity contribution in [1.29, 1.82) is 0 Å². The summed E-state index contributed by atoms with van der Waals surface area (Å²) in [6, 6.07) is 6.94. The molecule has 0 fully saturated rings. The lowest BCUT2D eigenvalue weighted by Crippen LogP contribution is -2.37. The summed E-state index contributed by atoms with van der Waals surface area (Å²) >= 11 is 0. The second kappa shape index (κ2) is 9.84. The van der Waals surface area contributed by atoms with Gasteiger partial charge in [0.05, 0.1) is 19.6 Å². The van der Waals surface area contributed by atoms with Gasteiger partial charge in [-0.15, -0.1) is 6.42 Å². The molecule has 0 aliphatic rings. The van der Waals surface area contributed by atoms with Crippen LogP contribution in [0, 0.1) is 12.3 Å². The molecule has 0 atom stereocenters. The molecule has 1 aromatic carbocycles. The van der Waals surface area contributed by atoms with Crippen molar-refractivity contribution in [2.45, 2.75) is 13.5 Å². The first-order valence-electron chi connectivity index (χ1n) is 7.18. The molecule has 1 aromatic rings. The first kappa shape index (κ1) is 18.0. The third kappa shape index (κ3) is 7.00. The van der Waals surface area contributed by atoms with E-state index >= 15 is 0 Å². The molecule has 5 N–H and O–H groups in total. The van der Waals surface area contributed by atoms with Crippen molar-refractivity contribution in [3.8, 4) is 12.3 Å². The van der Waals surface area contributed by atoms with E-state index in [1.807, 2.05) is 6.92 Å². The highest BCUT2D eigenvalue weighted by molar-refractivity contribution is 5.96. The Labute approximate surface area is 135 Å². The number of carbonyl (C=O) groups is 2. The molecule has 0 radical (unpaired) electrons. The Kier molecular flexibility index (Phi) is 7.72. The largest absolute Gasteiger partial charge is 0.368 e. The zero-order valence-electron chi connectivity index (χ0n) is 13.1. The maximum absolute atomic E-state index is 11.7. The summed E-state index contributed by atoms with van der Waals surface area (Å²) in [5.41, 5.74) is 6.37. The van der Waals surface area contributed by atoms with E-state index < -0.39 is 5.91 Å². The SMILES string of the molecule is C#CCNC(=NCc1ccc(C(=O)NCC(N)=O)cc1)NCC. The number of benzene rings is 1. The molecular formula is C16H21N5O2. The van der Waals surface area contributed by atoms with Crippen LogP contribution in [0.4, 0.5) is 0 Å². The molecule has 1 rings (SSSR count). The molecule has 2 amide bonds. The van der Waals surface area contributed by atoms with E-state index in [1.54, 1.807) is 24.3 Å². The average Bonchev–Trinajstić information content (AvgIpc) is 2.55. The van der Waals surface area contributed by atoms with E-state index in [9.17, 15) is 9.59 Å². The summed E-state index contributed by atoms with van der Waals surface area (Å²) in [6.45, 7) is 3.35. The van der Waals surface area contributed by atoms with Gasteiger partial charge in [-0.1, -0.05) is 18.1 Å². The van der Waals surface area contributed by atoms with Gasteiger partial charge in [-0.2, -0.15) is 0 Å². The summed E-state index contributed by atoms with van der Waals surface area (Å²) < 4.78 is 0. The molecule has 0 spiro atoms. The van der Waals surface area contributed by atoms with Crippen LogP contribution < -0.4 is 21.7 Å². The van der Waals surface area contributed by atoms with Crippen LogP contribution in [-0.2, 0) is 11.3 Å². The number of hydrogen-bond donors (Lipinski definition) is 4. The van der Waals surface area contributed by atoms with Crippen LogP contribution in [0.5, 0.6) is 0 Å². The number of aliphatic imine (C=N–C) groups is 1. The highest BCUT2D eigenvalue weighted by atomic mass is 16.2. The lowest BCUT2D eigenvalue weighted by molar-refractivity contribution is -0.117. The Morgan fingerprint density at radius 1 is 1.22 bits per heavy atom. The Balaban J connectivity index is 2.63. The highest BCUT2D eigenvalue weighted by Crippen LogP contribution is 2.05. The van der Waals surface area contributed by atoms with Crippen molar-refractivity contribution in [1.82, 2.24) is 16.0 Å². The van der Waals surface area contributed by atoms with Gasteiger partial charge in [-0.3, -0.25) is 9.59 Å². The molecule has 0 aromatic heterocycles. The highest BCUT2D eigenvalue weighted by Gasteiger charge is 2.06. The van der Waals surface area contributed by atoms with Crippen LogP contribution in [0.15, 0.2) is 29.3 Å². The van der Waals surface area contributed by atoms with E-state index in [-0.39, 0.29) is 12.5 Å². The lowest BCUT2D eigenvalue weighted by Gasteiger charge is -2.09. The van der Waals surface area contributed by atoms with Crippen LogP contribution >= 0.6 is 0 Å². The quantitative estimate of drug-likeness (QED) is 0.311. The van der Waals surface area contributed by atoms with E-state index in [4.69, 9.17) is 12.2 Å². The van der Waals surface area contributed by atoms with Crippen LogP contribution in [0.25, 0.3) is 0 Å². The Morgan fingerprint density at radius 2 is 1.91 bits per heavy atom. The monoisotopic (exact) mass is 315 g/mol. The number of hydrogen-bond acceptors (Lipinski definition) is 3. The van der Waals surface area contributed by atoms with Crippen molar-refractivity contribution >= 4 is 17.8 Å². The van der Waals surface area contributed by atoms with E-state index in [1.165, 1.54) is 0 Å². The molecule has 0 unspecified atom stereocenters. The summed E-state index contributed by atoms with van der Waals surface area (Å²) in [6.07, 6.45) is 5.21. The Hall–Kier alpha value is -3.01. The predicted octanol–water partition coefficient (Wildman–Crippen LogP) is -0.410. The standard InChI is InChI=1S/C16H21N5O2/c1-3-9-19-16(18-4-2)21-10-12-5-7-13(8-6-12)15(23)20-11-14(17)22/h1,5-8H,4,9-11H2,2H3,(H2,17,22)(H,20,23)(H2,18,19,21). The van der Waals surface area contributed by atoms with E-state index in [2.05, 4.69) is 26.9 Å². The molecule has 23 heavy (non-hydrogen) atoms. The van der Waals surface area contributed by atoms with Crippen LogP contribution in [0.1, 0.15) is 22.8 Å². The zero-order chi connectivity index (χ0) is 17.1. The topological polar surface area (TPSA) is 109 Å². The van der Waals surface area contributed by atoms with Gasteiger partial charge in [0.15, 0.2) is 5.96 Å². The van der Waals surface area contributed by atoms with Gasteiger partial charge in [0.2, 0.25) is 5.91 Å². The first-order valence-corrected chi connectivity index (χ1v) is 7.18. The van der Waals surface area contributed by atoms with Crippen molar-refractivity contribution in [2.75, 3.05) is 19.6 Å². The third-order valence-electron chi connectivity index (χ3n) is 2.76. The molecule has 7 nitrogen and oxygen atoms in total. The van der Waals surface area contributed by atoms with Crippen molar-refractivity contribution < 1.29 is 9.59 Å². The normalized spacial score (nSPS) is 10.5. The molecule has 0 saturated heterocycles. The molecule has 0 heterocycles. The van der Waals surface area contributed by atoms with Gasteiger partial charge in [0.1, 0.15) is 0 Å². The molecule has 0 aliphatic carbocycles. The van der Waals surface area contributed by atoms with Gasteiger partial charge in [-0.25, -0.2) is 4.99 Å². The second-order valence-electron chi connectivity index (χ2n) is 4.60. The molecule has 0 bridgehead atoms. The van der Waals surface area contributed by atoms with Crippen LogP contribution in [0.2, 0.25) is 0 Å². The summed E-state index contributed by atoms with van der Waals surface area (Å²) in [7, 11) is 0. The fraction of sp³-hybridized carbons (Fsp3) is 0.312. The molecule has 0 aliphatic heterocycles. The van der Waals surface area contributed by atoms with Crippen LogP contribution in [0.3, 0.4) is 0 Å². The summed E-state index contributed by atoms with van der Waals surface area (Å²) in [5, 5.41) is 8.50. The molecule has 7 heteroatoms. The fourth-order valence-electron chi connectivity index (χ4n) is 1.68. The minimum Gasteiger partial charge on any atom is -0.368 e. The summed E-state index contributed by atoms with van der Waals surface area (Å²) in [5.74, 6) is 2.19. The lowest BCUT2D eigenvalue weighted by atomic mass is 10.1. The van der Waals surface area contributed by atoms with E-state index in [0.29, 0.717) is 24.6 Å². The van der Waals surface area contributed by atoms with Crippen molar-refractivity contribution in [3.05, 3.63) is 35.4 Å². The second-order valence-corrected chi connectivity index (χ2v) is 4.60. The average molecular weight is 315 g/mol. The van der Waals surface area contributed by atoms with Gasteiger partial charge in [0.25, 0.3) is 5.91 Å². The molecule has 122 valence electrons. The minimum atomic E-state index is -0.584. The number of nitrogens with one attached hydrogen (secondary N) is 3. The summed E-state index contributed by atoms with van der Waals surface area (Å²) in [4.78, 5) is 26.8. The van der Waals surface area contributed by atoms with Crippen molar-refractivity contribution in [3.63, 3.8) is 0 Å². The number of terminal acetylenes is 1. The number of primary amides is 1. The number of rotatable bonds is 7. The molecule has 0 saturated carbocycles. The number of carbonyl (C=O) groups excluding carboxylic acids is 2. The van der Waals surface area contributed by atoms with Gasteiger partial charge >= 0.3 is 0 Å². The van der Waals surface area contributed by atoms with Gasteiger partial charge < -0.3 is 21.7 Å². The third-order valence-corrected chi connectivity index (χ3v) is 2.76. The minimum absolute atomic E-state index is 0.183. The smallest absolute Gasteiger partial charge is 0.251 e. The number of guanidine groups is 1. The maximum Gasteiger partial charge on any atom is 0.251 e. The number of nitrogens with two attached hydrogens (primary N) is 1. The first-order chi connectivity index (χ1) is 11.1. The Bertz CT molecular complexity index is 602. The fourth-order valence-corrected chi connectivity index (χ4v) is 1.68. The van der Waals surface area contributed by atoms with Gasteiger partial charge in [-0.05, 0) is 24.6 Å². The van der Waals surface area contributed by atoms with E-state index in [0.717, 1.165) is 12.1 Å². The maximum atomic E-state index is 11.7. The number of nitrogens with zero attached hydrogens (tertiary/aromatic N) is 1. The predicted molar refractivity (Wildman–Crippen MR) is 89.6 cm³/mol. The van der Waals surface area contributed by atoms with Gasteiger partial charge in [0, 0.05) is 12.1 Å². The zero-order valence-corrected chi connectivity index (χ0v) is 13.1.